The summed E-state index contributed by atoms with van der Waals surface area (Å²) < 4.78 is 44.2. The Bertz CT molecular complexity index is 1150. The molecule has 0 fully saturated rings. The van der Waals surface area contributed by atoms with Gasteiger partial charge in [-0.15, -0.1) is 10.2 Å². The number of nitrogens with zero attached hydrogens (tertiary/aromatic N) is 3. The monoisotopic (exact) mass is 464 g/mol. The second kappa shape index (κ2) is 9.84. The van der Waals surface area contributed by atoms with Gasteiger partial charge in [0.2, 0.25) is 21.1 Å². The molecule has 1 aromatic heterocycles. The van der Waals surface area contributed by atoms with E-state index in [0.717, 1.165) is 21.9 Å². The predicted molar refractivity (Wildman–Crippen MR) is 118 cm³/mol. The summed E-state index contributed by atoms with van der Waals surface area (Å²) in [5.41, 5.74) is 0.797. The molecule has 0 bridgehead atoms. The van der Waals surface area contributed by atoms with Gasteiger partial charge in [-0.25, -0.2) is 12.8 Å². The molecule has 1 N–H and O–H groups in total. The predicted octanol–water partition coefficient (Wildman–Crippen LogP) is 3.54. The number of ether oxygens (including phenoxy) is 1. The van der Waals surface area contributed by atoms with Crippen LogP contribution in [0.3, 0.4) is 0 Å². The highest BCUT2D eigenvalue weighted by Gasteiger charge is 2.20. The van der Waals surface area contributed by atoms with Crippen molar-refractivity contribution in [2.24, 2.45) is 0 Å². The number of amides is 1. The molecule has 0 aliphatic heterocycles. The van der Waals surface area contributed by atoms with Crippen molar-refractivity contribution in [1.82, 2.24) is 10.2 Å². The van der Waals surface area contributed by atoms with Crippen LogP contribution in [0, 0.1) is 5.82 Å². The van der Waals surface area contributed by atoms with Crippen molar-refractivity contribution in [3.8, 4) is 16.3 Å². The maximum absolute atomic E-state index is 14.0. The number of nitrogens with one attached hydrogen (secondary N) is 1. The van der Waals surface area contributed by atoms with Crippen LogP contribution in [0.1, 0.15) is 12.8 Å². The zero-order valence-corrected chi connectivity index (χ0v) is 18.5. The van der Waals surface area contributed by atoms with Crippen molar-refractivity contribution in [2.75, 3.05) is 29.5 Å². The Labute approximate surface area is 183 Å². The largest absolute Gasteiger partial charge is 0.497 e. The first-order valence-corrected chi connectivity index (χ1v) is 11.9. The minimum atomic E-state index is -3.70. The maximum atomic E-state index is 14.0. The molecule has 11 heteroatoms. The molecule has 1 amide bonds. The lowest BCUT2D eigenvalue weighted by Gasteiger charge is -2.22. The van der Waals surface area contributed by atoms with Crippen LogP contribution in [0.25, 0.3) is 10.6 Å². The lowest BCUT2D eigenvalue weighted by atomic mass is 10.2. The van der Waals surface area contributed by atoms with E-state index >= 15 is 0 Å². The van der Waals surface area contributed by atoms with Crippen molar-refractivity contribution >= 4 is 38.1 Å². The summed E-state index contributed by atoms with van der Waals surface area (Å²) in [7, 11) is -2.11. The lowest BCUT2D eigenvalue weighted by molar-refractivity contribution is -0.116. The third-order valence-electron chi connectivity index (χ3n) is 4.29. The Kier molecular flexibility index (Phi) is 7.18. The normalized spacial score (nSPS) is 11.2. The zero-order valence-electron chi connectivity index (χ0n) is 16.9. The molecule has 0 spiro atoms. The fourth-order valence-electron chi connectivity index (χ4n) is 2.81. The number of rotatable bonds is 9. The molecule has 8 nitrogen and oxygen atoms in total. The van der Waals surface area contributed by atoms with E-state index in [4.69, 9.17) is 4.74 Å². The molecule has 2 aromatic carbocycles. The van der Waals surface area contributed by atoms with Gasteiger partial charge in [0.1, 0.15) is 16.6 Å². The van der Waals surface area contributed by atoms with Gasteiger partial charge >= 0.3 is 0 Å². The van der Waals surface area contributed by atoms with E-state index in [0.29, 0.717) is 10.1 Å². The highest BCUT2D eigenvalue weighted by atomic mass is 32.2. The number of aromatic nitrogens is 2. The minimum absolute atomic E-state index is 0.0274. The average molecular weight is 465 g/mol. The Hall–Kier alpha value is -3.05. The zero-order chi connectivity index (χ0) is 22.4. The van der Waals surface area contributed by atoms with E-state index in [1.54, 1.807) is 25.3 Å². The van der Waals surface area contributed by atoms with Gasteiger partial charge in [0.15, 0.2) is 0 Å². The van der Waals surface area contributed by atoms with E-state index in [9.17, 15) is 17.6 Å². The topological polar surface area (TPSA) is 101 Å². The molecule has 0 saturated carbocycles. The van der Waals surface area contributed by atoms with Crippen molar-refractivity contribution in [3.63, 3.8) is 0 Å². The summed E-state index contributed by atoms with van der Waals surface area (Å²) in [6.07, 6.45) is 1.25. The molecule has 31 heavy (non-hydrogen) atoms. The molecule has 164 valence electrons. The SMILES string of the molecule is COc1ccc(-c2nnc(NC(=O)CCCN(c3ccccc3F)S(C)(=O)=O)s2)cc1. The number of hydrogen-bond acceptors (Lipinski definition) is 7. The summed E-state index contributed by atoms with van der Waals surface area (Å²) in [5, 5.41) is 11.7. The summed E-state index contributed by atoms with van der Waals surface area (Å²) in [6.45, 7) is -0.0274. The van der Waals surface area contributed by atoms with Crippen molar-refractivity contribution in [3.05, 3.63) is 54.3 Å². The Balaban J connectivity index is 1.57. The number of benzene rings is 2. The van der Waals surface area contributed by atoms with Crippen LogP contribution in [0.5, 0.6) is 5.75 Å². The molecule has 0 radical (unpaired) electrons. The maximum Gasteiger partial charge on any atom is 0.232 e. The molecule has 0 atom stereocenters. The Morgan fingerprint density at radius 2 is 1.87 bits per heavy atom. The molecule has 0 aliphatic rings. The molecule has 1 heterocycles. The first-order valence-electron chi connectivity index (χ1n) is 9.28. The molecular weight excluding hydrogens is 443 g/mol. The first-order chi connectivity index (χ1) is 14.8. The molecule has 0 saturated heterocycles. The Morgan fingerprint density at radius 3 is 2.52 bits per heavy atom. The molecule has 0 aliphatic carbocycles. The quantitative estimate of drug-likeness (QED) is 0.520. The fourth-order valence-corrected chi connectivity index (χ4v) is 4.54. The van der Waals surface area contributed by atoms with Gasteiger partial charge in [-0.3, -0.25) is 9.10 Å². The van der Waals surface area contributed by atoms with Gasteiger partial charge in [0.05, 0.1) is 19.1 Å². The third-order valence-corrected chi connectivity index (χ3v) is 6.36. The summed E-state index contributed by atoms with van der Waals surface area (Å²) in [5.74, 6) is -0.253. The highest BCUT2D eigenvalue weighted by Crippen LogP contribution is 2.28. The average Bonchev–Trinajstić information content (AvgIpc) is 3.19. The van der Waals surface area contributed by atoms with Crippen LogP contribution in [0.4, 0.5) is 15.2 Å². The third kappa shape index (κ3) is 5.98. The van der Waals surface area contributed by atoms with Crippen LogP contribution in [0.2, 0.25) is 0 Å². The summed E-state index contributed by atoms with van der Waals surface area (Å²) >= 11 is 1.22. The number of halogens is 1. The van der Waals surface area contributed by atoms with Crippen molar-refractivity contribution < 1.29 is 22.3 Å². The Morgan fingerprint density at radius 1 is 1.16 bits per heavy atom. The number of sulfonamides is 1. The van der Waals surface area contributed by atoms with Gasteiger partial charge in [-0.05, 0) is 42.8 Å². The molecular formula is C20H21FN4O4S2. The van der Waals surface area contributed by atoms with Gasteiger partial charge in [-0.1, -0.05) is 23.5 Å². The summed E-state index contributed by atoms with van der Waals surface area (Å²) in [6, 6.07) is 12.9. The number of methoxy groups -OCH3 is 1. The van der Waals surface area contributed by atoms with E-state index in [1.807, 2.05) is 12.1 Å². The molecule has 3 aromatic rings. The minimum Gasteiger partial charge on any atom is -0.497 e. The van der Waals surface area contributed by atoms with Crippen molar-refractivity contribution in [1.29, 1.82) is 0 Å². The van der Waals surface area contributed by atoms with Gasteiger partial charge < -0.3 is 10.1 Å². The fraction of sp³-hybridized carbons (Fsp3) is 0.250. The lowest BCUT2D eigenvalue weighted by Crippen LogP contribution is -2.32. The number of carbonyl (C=O) groups excluding carboxylic acids is 1. The van der Waals surface area contributed by atoms with Crippen LogP contribution < -0.4 is 14.4 Å². The molecule has 3 rings (SSSR count). The van der Waals surface area contributed by atoms with E-state index in [1.165, 1.54) is 29.5 Å². The summed E-state index contributed by atoms with van der Waals surface area (Å²) in [4.78, 5) is 12.2. The standard InChI is InChI=1S/C20H21FN4O4S2/c1-29-15-11-9-14(10-12-15)19-23-24-20(30-19)22-18(26)8-5-13-25(31(2,27)28)17-7-4-3-6-16(17)21/h3-4,6-7,9-12H,5,8,13H2,1-2H3,(H,22,24,26). The van der Waals surface area contributed by atoms with Crippen LogP contribution in [-0.2, 0) is 14.8 Å². The smallest absolute Gasteiger partial charge is 0.232 e. The van der Waals surface area contributed by atoms with E-state index < -0.39 is 15.8 Å². The number of hydrogen-bond donors (Lipinski definition) is 1. The second-order valence-electron chi connectivity index (χ2n) is 6.58. The van der Waals surface area contributed by atoms with E-state index in [-0.39, 0.29) is 31.0 Å². The van der Waals surface area contributed by atoms with Crippen LogP contribution >= 0.6 is 11.3 Å². The number of para-hydroxylation sites is 1. The second-order valence-corrected chi connectivity index (χ2v) is 9.46. The number of carbonyl (C=O) groups is 1. The van der Waals surface area contributed by atoms with Gasteiger partial charge in [0.25, 0.3) is 0 Å². The van der Waals surface area contributed by atoms with Crippen LogP contribution in [0.15, 0.2) is 48.5 Å². The number of anilines is 2. The van der Waals surface area contributed by atoms with E-state index in [2.05, 4.69) is 15.5 Å². The van der Waals surface area contributed by atoms with Crippen LogP contribution in [-0.4, -0.2) is 44.4 Å². The van der Waals surface area contributed by atoms with Gasteiger partial charge in [-0.2, -0.15) is 0 Å². The highest BCUT2D eigenvalue weighted by molar-refractivity contribution is 7.92. The van der Waals surface area contributed by atoms with Crippen molar-refractivity contribution in [2.45, 2.75) is 12.8 Å². The van der Waals surface area contributed by atoms with Gasteiger partial charge in [0, 0.05) is 18.5 Å². The molecule has 0 unspecified atom stereocenters. The first kappa shape index (κ1) is 22.6.